The number of benzene rings is 1. The van der Waals surface area contributed by atoms with Gasteiger partial charge in [0.1, 0.15) is 11.3 Å². The number of hydrogen-bond donors (Lipinski definition) is 0. The first-order chi connectivity index (χ1) is 11.9. The molecule has 0 amide bonds. The standard InChI is InChI=1S/C20H12N4/c1-2-5-13-12(4-1)10-17-18(13)24-19-15(6-3-8-22-19)14-7-9-21-11-16(14)20(24)23-17/h1-9,11H,10H2. The molecule has 0 saturated carbocycles. The summed E-state index contributed by atoms with van der Waals surface area (Å²) < 4.78 is 2.21. The van der Waals surface area contributed by atoms with Crippen LogP contribution in [0.3, 0.4) is 0 Å². The van der Waals surface area contributed by atoms with Crippen LogP contribution >= 0.6 is 0 Å². The normalized spacial score (nSPS) is 12.8. The van der Waals surface area contributed by atoms with Crippen LogP contribution in [0.15, 0.2) is 61.1 Å². The lowest BCUT2D eigenvalue weighted by atomic mass is 10.1. The van der Waals surface area contributed by atoms with Crippen molar-refractivity contribution >= 4 is 27.5 Å². The summed E-state index contributed by atoms with van der Waals surface area (Å²) in [5.41, 5.74) is 6.80. The van der Waals surface area contributed by atoms with Gasteiger partial charge in [-0.05, 0) is 29.1 Å². The predicted molar refractivity (Wildman–Crippen MR) is 94.0 cm³/mol. The number of fused-ring (bicyclic) bond motifs is 10. The van der Waals surface area contributed by atoms with Gasteiger partial charge in [-0.15, -0.1) is 0 Å². The zero-order valence-corrected chi connectivity index (χ0v) is 12.8. The van der Waals surface area contributed by atoms with Crippen LogP contribution in [0.5, 0.6) is 0 Å². The lowest BCUT2D eigenvalue weighted by Crippen LogP contribution is -1.96. The van der Waals surface area contributed by atoms with Crippen LogP contribution in [0.2, 0.25) is 0 Å². The van der Waals surface area contributed by atoms with Gasteiger partial charge >= 0.3 is 0 Å². The van der Waals surface area contributed by atoms with Crippen LogP contribution in [-0.4, -0.2) is 19.4 Å². The van der Waals surface area contributed by atoms with E-state index in [9.17, 15) is 0 Å². The first-order valence-corrected chi connectivity index (χ1v) is 8.02. The molecule has 24 heavy (non-hydrogen) atoms. The number of imidazole rings is 1. The number of pyridine rings is 3. The van der Waals surface area contributed by atoms with Crippen molar-refractivity contribution in [3.05, 3.63) is 72.3 Å². The molecule has 0 spiro atoms. The SMILES string of the molecule is c1ccc2c(c1)Cc1nc3c4cnccc4c4cccnc4n3c1-2. The van der Waals surface area contributed by atoms with E-state index in [-0.39, 0.29) is 0 Å². The fourth-order valence-electron chi connectivity index (χ4n) is 3.93. The molecule has 4 heterocycles. The van der Waals surface area contributed by atoms with E-state index in [1.54, 1.807) is 0 Å². The Labute approximate surface area is 137 Å². The molecule has 0 fully saturated rings. The van der Waals surface area contributed by atoms with Gasteiger partial charge in [0.25, 0.3) is 0 Å². The van der Waals surface area contributed by atoms with Gasteiger partial charge in [-0.2, -0.15) is 0 Å². The highest BCUT2D eigenvalue weighted by Gasteiger charge is 2.26. The van der Waals surface area contributed by atoms with Gasteiger partial charge in [-0.3, -0.25) is 9.38 Å². The molecule has 0 atom stereocenters. The Balaban J connectivity index is 1.93. The Kier molecular flexibility index (Phi) is 2.12. The lowest BCUT2D eigenvalue weighted by Gasteiger charge is -2.09. The Morgan fingerprint density at radius 2 is 1.79 bits per heavy atom. The molecule has 0 aliphatic heterocycles. The highest BCUT2D eigenvalue weighted by Crippen LogP contribution is 2.40. The van der Waals surface area contributed by atoms with Crippen molar-refractivity contribution in [3.8, 4) is 11.3 Å². The van der Waals surface area contributed by atoms with E-state index >= 15 is 0 Å². The van der Waals surface area contributed by atoms with Crippen LogP contribution in [0.1, 0.15) is 11.3 Å². The average Bonchev–Trinajstić information content (AvgIpc) is 3.18. The predicted octanol–water partition coefficient (Wildman–Crippen LogP) is 4.00. The number of aromatic nitrogens is 4. The molecule has 0 bridgehead atoms. The van der Waals surface area contributed by atoms with Crippen LogP contribution < -0.4 is 0 Å². The minimum absolute atomic E-state index is 0.878. The summed E-state index contributed by atoms with van der Waals surface area (Å²) in [5.74, 6) is 0. The molecule has 112 valence electrons. The highest BCUT2D eigenvalue weighted by molar-refractivity contribution is 6.11. The van der Waals surface area contributed by atoms with E-state index in [1.807, 2.05) is 30.7 Å². The molecular formula is C20H12N4. The summed E-state index contributed by atoms with van der Waals surface area (Å²) >= 11 is 0. The maximum Gasteiger partial charge on any atom is 0.148 e. The minimum atomic E-state index is 0.878. The highest BCUT2D eigenvalue weighted by atomic mass is 15.1. The van der Waals surface area contributed by atoms with Crippen molar-refractivity contribution in [1.82, 2.24) is 19.4 Å². The van der Waals surface area contributed by atoms with E-state index in [1.165, 1.54) is 16.8 Å². The molecule has 1 aliphatic rings. The largest absolute Gasteiger partial charge is 0.275 e. The van der Waals surface area contributed by atoms with Crippen LogP contribution in [-0.2, 0) is 6.42 Å². The van der Waals surface area contributed by atoms with Crippen molar-refractivity contribution in [3.63, 3.8) is 0 Å². The second kappa shape index (κ2) is 4.17. The van der Waals surface area contributed by atoms with Gasteiger partial charge in [0.05, 0.1) is 11.4 Å². The zero-order chi connectivity index (χ0) is 15.7. The van der Waals surface area contributed by atoms with E-state index in [4.69, 9.17) is 4.98 Å². The third-order valence-electron chi connectivity index (χ3n) is 4.93. The monoisotopic (exact) mass is 308 g/mol. The van der Waals surface area contributed by atoms with Gasteiger partial charge in [-0.25, -0.2) is 9.97 Å². The Morgan fingerprint density at radius 3 is 2.79 bits per heavy atom. The average molecular weight is 308 g/mol. The molecule has 4 heteroatoms. The topological polar surface area (TPSA) is 43.1 Å². The summed E-state index contributed by atoms with van der Waals surface area (Å²) in [7, 11) is 0. The van der Waals surface area contributed by atoms with Crippen molar-refractivity contribution in [2.24, 2.45) is 0 Å². The molecule has 4 aromatic heterocycles. The number of rotatable bonds is 0. The zero-order valence-electron chi connectivity index (χ0n) is 12.8. The molecule has 0 N–H and O–H groups in total. The molecular weight excluding hydrogens is 296 g/mol. The summed E-state index contributed by atoms with van der Waals surface area (Å²) in [6, 6.07) is 14.7. The van der Waals surface area contributed by atoms with Crippen LogP contribution in [0.25, 0.3) is 38.7 Å². The molecule has 1 aromatic carbocycles. The fourth-order valence-corrected chi connectivity index (χ4v) is 3.93. The smallest absolute Gasteiger partial charge is 0.148 e. The number of hydrogen-bond acceptors (Lipinski definition) is 3. The number of nitrogens with zero attached hydrogens (tertiary/aromatic N) is 4. The lowest BCUT2D eigenvalue weighted by molar-refractivity contribution is 1.16. The Bertz CT molecular complexity index is 1280. The van der Waals surface area contributed by atoms with E-state index < -0.39 is 0 Å². The maximum absolute atomic E-state index is 4.97. The van der Waals surface area contributed by atoms with Gasteiger partial charge in [0.15, 0.2) is 0 Å². The summed E-state index contributed by atoms with van der Waals surface area (Å²) in [6.07, 6.45) is 6.47. The van der Waals surface area contributed by atoms with Crippen molar-refractivity contribution < 1.29 is 0 Å². The molecule has 0 radical (unpaired) electrons. The fraction of sp³-hybridized carbons (Fsp3) is 0.0500. The second-order valence-electron chi connectivity index (χ2n) is 6.20. The molecule has 0 saturated heterocycles. The quantitative estimate of drug-likeness (QED) is 0.398. The van der Waals surface area contributed by atoms with E-state index in [0.29, 0.717) is 0 Å². The Hall–Kier alpha value is -3.27. The Morgan fingerprint density at radius 1 is 0.833 bits per heavy atom. The second-order valence-corrected chi connectivity index (χ2v) is 6.20. The van der Waals surface area contributed by atoms with Crippen LogP contribution in [0.4, 0.5) is 0 Å². The molecule has 0 unspecified atom stereocenters. The third-order valence-corrected chi connectivity index (χ3v) is 4.93. The minimum Gasteiger partial charge on any atom is -0.275 e. The van der Waals surface area contributed by atoms with Gasteiger partial charge in [0, 0.05) is 41.3 Å². The first kappa shape index (κ1) is 12.2. The molecule has 1 aliphatic carbocycles. The van der Waals surface area contributed by atoms with Crippen LogP contribution in [0, 0.1) is 0 Å². The molecule has 5 aromatic rings. The third kappa shape index (κ3) is 1.36. The first-order valence-electron chi connectivity index (χ1n) is 8.02. The summed E-state index contributed by atoms with van der Waals surface area (Å²) in [4.78, 5) is 14.0. The van der Waals surface area contributed by atoms with Gasteiger partial charge in [0.2, 0.25) is 0 Å². The summed E-state index contributed by atoms with van der Waals surface area (Å²) in [6.45, 7) is 0. The van der Waals surface area contributed by atoms with Crippen molar-refractivity contribution in [1.29, 1.82) is 0 Å². The van der Waals surface area contributed by atoms with E-state index in [0.717, 1.165) is 39.6 Å². The maximum atomic E-state index is 4.97. The molecule has 4 nitrogen and oxygen atoms in total. The molecule has 6 rings (SSSR count). The summed E-state index contributed by atoms with van der Waals surface area (Å²) in [5, 5.41) is 3.36. The van der Waals surface area contributed by atoms with Gasteiger partial charge < -0.3 is 0 Å². The van der Waals surface area contributed by atoms with Crippen molar-refractivity contribution in [2.75, 3.05) is 0 Å². The van der Waals surface area contributed by atoms with E-state index in [2.05, 4.69) is 44.7 Å². The van der Waals surface area contributed by atoms with Crippen molar-refractivity contribution in [2.45, 2.75) is 6.42 Å². The van der Waals surface area contributed by atoms with Gasteiger partial charge in [-0.1, -0.05) is 24.3 Å².